The van der Waals surface area contributed by atoms with Gasteiger partial charge in [-0.25, -0.2) is 0 Å². The Balaban J connectivity index is 1.95. The van der Waals surface area contributed by atoms with Crippen molar-refractivity contribution in [3.63, 3.8) is 0 Å². The number of aromatic carboxylic acids is 1. The van der Waals surface area contributed by atoms with Crippen molar-refractivity contribution in [1.82, 2.24) is 4.90 Å². The summed E-state index contributed by atoms with van der Waals surface area (Å²) >= 11 is 6.26. The van der Waals surface area contributed by atoms with E-state index in [1.54, 1.807) is 43.5 Å². The summed E-state index contributed by atoms with van der Waals surface area (Å²) in [6.45, 7) is 0. The van der Waals surface area contributed by atoms with Crippen molar-refractivity contribution < 1.29 is 19.1 Å². The van der Waals surface area contributed by atoms with Gasteiger partial charge in [0.05, 0.1) is 10.9 Å². The van der Waals surface area contributed by atoms with Crippen molar-refractivity contribution in [3.05, 3.63) is 52.6 Å². The Morgan fingerprint density at radius 3 is 2.70 bits per heavy atom. The van der Waals surface area contributed by atoms with E-state index in [9.17, 15) is 14.7 Å². The number of amides is 1. The van der Waals surface area contributed by atoms with Crippen molar-refractivity contribution in [3.8, 4) is 11.3 Å². The molecule has 1 aliphatic heterocycles. The molecule has 1 saturated heterocycles. The maximum absolute atomic E-state index is 12.0. The highest BCUT2D eigenvalue weighted by Gasteiger charge is 2.29. The molecule has 1 aromatic heterocycles. The second-order valence-corrected chi connectivity index (χ2v) is 6.45. The van der Waals surface area contributed by atoms with Gasteiger partial charge >= 0.3 is 0 Å². The number of benzene rings is 1. The van der Waals surface area contributed by atoms with Crippen molar-refractivity contribution in [2.45, 2.75) is 0 Å². The predicted octanol–water partition coefficient (Wildman–Crippen LogP) is 2.14. The van der Waals surface area contributed by atoms with Crippen LogP contribution >= 0.6 is 24.0 Å². The Kier molecular flexibility index (Phi) is 4.06. The summed E-state index contributed by atoms with van der Waals surface area (Å²) in [5, 5.41) is 11.2. The first-order valence-corrected chi connectivity index (χ1v) is 7.82. The number of hydrogen-bond acceptors (Lipinski definition) is 6. The topological polar surface area (TPSA) is 73.6 Å². The van der Waals surface area contributed by atoms with E-state index in [4.69, 9.17) is 16.6 Å². The van der Waals surface area contributed by atoms with Gasteiger partial charge in [-0.3, -0.25) is 9.69 Å². The molecule has 23 heavy (non-hydrogen) atoms. The van der Waals surface area contributed by atoms with E-state index in [1.165, 1.54) is 22.7 Å². The van der Waals surface area contributed by atoms with Crippen LogP contribution in [0, 0.1) is 0 Å². The van der Waals surface area contributed by atoms with Gasteiger partial charge in [-0.05, 0) is 12.1 Å². The maximum atomic E-state index is 12.0. The molecule has 0 aliphatic carbocycles. The van der Waals surface area contributed by atoms with Crippen LogP contribution in [0.2, 0.25) is 0 Å². The Morgan fingerprint density at radius 1 is 1.30 bits per heavy atom. The molecule has 1 aromatic carbocycles. The minimum absolute atomic E-state index is 0.0493. The Bertz CT molecular complexity index is 853. The van der Waals surface area contributed by atoms with Crippen molar-refractivity contribution >= 4 is 46.3 Å². The highest BCUT2D eigenvalue weighted by molar-refractivity contribution is 8.26. The van der Waals surface area contributed by atoms with Crippen molar-refractivity contribution in [2.75, 3.05) is 7.05 Å². The normalized spacial score (nSPS) is 16.4. The number of furan rings is 1. The predicted molar refractivity (Wildman–Crippen MR) is 89.4 cm³/mol. The van der Waals surface area contributed by atoms with Crippen LogP contribution in [-0.2, 0) is 4.79 Å². The van der Waals surface area contributed by atoms with Gasteiger partial charge in [-0.2, -0.15) is 0 Å². The minimum Gasteiger partial charge on any atom is -0.545 e. The third kappa shape index (κ3) is 2.93. The van der Waals surface area contributed by atoms with Crippen LogP contribution in [0.25, 0.3) is 17.4 Å². The quantitative estimate of drug-likeness (QED) is 0.627. The summed E-state index contributed by atoms with van der Waals surface area (Å²) in [6.07, 6.45) is 1.59. The van der Waals surface area contributed by atoms with E-state index in [2.05, 4.69) is 0 Å². The second-order valence-electron chi connectivity index (χ2n) is 4.78. The molecule has 0 radical (unpaired) electrons. The van der Waals surface area contributed by atoms with Gasteiger partial charge in [0.2, 0.25) is 0 Å². The summed E-state index contributed by atoms with van der Waals surface area (Å²) < 4.78 is 6.13. The lowest BCUT2D eigenvalue weighted by molar-refractivity contribution is -0.254. The zero-order chi connectivity index (χ0) is 16.6. The smallest absolute Gasteiger partial charge is 0.266 e. The summed E-state index contributed by atoms with van der Waals surface area (Å²) in [7, 11) is 1.61. The molecule has 2 heterocycles. The molecule has 3 rings (SSSR count). The molecule has 116 valence electrons. The number of thiocarbonyl (C=S) groups is 1. The molecule has 1 aliphatic rings. The Morgan fingerprint density at radius 2 is 2.04 bits per heavy atom. The molecular formula is C16H10NO4S2-. The van der Waals surface area contributed by atoms with E-state index in [-0.39, 0.29) is 11.5 Å². The standard InChI is InChI=1S/C16H11NO4S2/c1-17-14(18)13(23-16(17)22)8-9-6-7-12(21-9)10-4-2-3-5-11(10)15(19)20/h2-8H,1H3,(H,19,20)/p-1/b13-8+. The number of rotatable bonds is 3. The molecule has 1 fully saturated rings. The third-order valence-electron chi connectivity index (χ3n) is 3.30. The molecule has 5 nitrogen and oxygen atoms in total. The number of carbonyl (C=O) groups is 2. The molecule has 0 atom stereocenters. The van der Waals surface area contributed by atoms with Crippen LogP contribution in [0.15, 0.2) is 45.7 Å². The second kappa shape index (κ2) is 6.02. The average Bonchev–Trinajstić information content (AvgIpc) is 3.09. The first-order chi connectivity index (χ1) is 11.0. The van der Waals surface area contributed by atoms with Crippen molar-refractivity contribution in [2.24, 2.45) is 0 Å². The van der Waals surface area contributed by atoms with Gasteiger partial charge in [0, 0.05) is 24.3 Å². The summed E-state index contributed by atoms with van der Waals surface area (Å²) in [4.78, 5) is 25.0. The largest absolute Gasteiger partial charge is 0.545 e. The number of carboxylic acid groups (broad SMARTS) is 1. The number of carbonyl (C=O) groups excluding carboxylic acids is 2. The molecule has 0 N–H and O–H groups in total. The molecule has 0 bridgehead atoms. The fourth-order valence-electron chi connectivity index (χ4n) is 2.13. The number of nitrogens with zero attached hydrogens (tertiary/aromatic N) is 1. The van der Waals surface area contributed by atoms with E-state index >= 15 is 0 Å². The number of thioether (sulfide) groups is 1. The number of hydrogen-bond donors (Lipinski definition) is 0. The molecule has 0 saturated carbocycles. The lowest BCUT2D eigenvalue weighted by atomic mass is 10.1. The van der Waals surface area contributed by atoms with Crippen LogP contribution < -0.4 is 5.11 Å². The first kappa shape index (κ1) is 15.5. The fraction of sp³-hybridized carbons (Fsp3) is 0.0625. The molecule has 0 spiro atoms. The molecular weight excluding hydrogens is 334 g/mol. The highest BCUT2D eigenvalue weighted by atomic mass is 32.2. The molecule has 2 aromatic rings. The Labute approximate surface area is 141 Å². The van der Waals surface area contributed by atoms with Gasteiger partial charge in [-0.15, -0.1) is 0 Å². The van der Waals surface area contributed by atoms with Crippen molar-refractivity contribution in [1.29, 1.82) is 0 Å². The lowest BCUT2D eigenvalue weighted by Crippen LogP contribution is -2.22. The zero-order valence-electron chi connectivity index (χ0n) is 11.9. The fourth-order valence-corrected chi connectivity index (χ4v) is 3.29. The third-order valence-corrected chi connectivity index (χ3v) is 4.78. The van der Waals surface area contributed by atoms with Crippen LogP contribution in [0.3, 0.4) is 0 Å². The zero-order valence-corrected chi connectivity index (χ0v) is 13.6. The van der Waals surface area contributed by atoms with Gasteiger partial charge in [-0.1, -0.05) is 48.2 Å². The molecule has 0 unspecified atom stereocenters. The average molecular weight is 344 g/mol. The maximum Gasteiger partial charge on any atom is 0.266 e. The van der Waals surface area contributed by atoms with Crippen LogP contribution in [0.5, 0.6) is 0 Å². The van der Waals surface area contributed by atoms with Crippen LogP contribution in [-0.4, -0.2) is 28.1 Å². The van der Waals surface area contributed by atoms with Gasteiger partial charge in [0.25, 0.3) is 5.91 Å². The summed E-state index contributed by atoms with van der Waals surface area (Å²) in [5.41, 5.74) is 0.475. The van der Waals surface area contributed by atoms with Crippen LogP contribution in [0.1, 0.15) is 16.1 Å². The minimum atomic E-state index is -1.27. The van der Waals surface area contributed by atoms with E-state index in [0.717, 1.165) is 0 Å². The molecule has 7 heteroatoms. The number of likely N-dealkylation sites (N-methyl/N-ethyl adjacent to an activating group) is 1. The van der Waals surface area contributed by atoms with E-state index < -0.39 is 5.97 Å². The first-order valence-electron chi connectivity index (χ1n) is 6.59. The van der Waals surface area contributed by atoms with Gasteiger partial charge in [0.15, 0.2) is 0 Å². The van der Waals surface area contributed by atoms with Gasteiger partial charge < -0.3 is 14.3 Å². The SMILES string of the molecule is CN1C(=O)/C(=C\c2ccc(-c3ccccc3C(=O)[O-])o2)SC1=S. The number of carboxylic acids is 1. The Hall–Kier alpha value is -2.38. The highest BCUT2D eigenvalue weighted by Crippen LogP contribution is 2.33. The van der Waals surface area contributed by atoms with E-state index in [0.29, 0.717) is 26.3 Å². The lowest BCUT2D eigenvalue weighted by Gasteiger charge is -2.07. The van der Waals surface area contributed by atoms with Gasteiger partial charge in [0.1, 0.15) is 15.8 Å². The van der Waals surface area contributed by atoms with E-state index in [1.807, 2.05) is 0 Å². The summed E-state index contributed by atoms with van der Waals surface area (Å²) in [5.74, 6) is -0.622. The van der Waals surface area contributed by atoms with Crippen LogP contribution in [0.4, 0.5) is 0 Å². The monoisotopic (exact) mass is 344 g/mol. The summed E-state index contributed by atoms with van der Waals surface area (Å²) in [6, 6.07) is 9.75. The molecule has 1 amide bonds.